The van der Waals surface area contributed by atoms with Gasteiger partial charge in [0.05, 0.1) is 6.61 Å². The van der Waals surface area contributed by atoms with Crippen molar-refractivity contribution in [3.63, 3.8) is 0 Å². The Kier molecular flexibility index (Phi) is 5.53. The molecule has 142 valence electrons. The molecule has 0 aliphatic carbocycles. The molecule has 0 aliphatic rings. The second-order valence-electron chi connectivity index (χ2n) is 6.75. The summed E-state index contributed by atoms with van der Waals surface area (Å²) in [6.45, 7) is 2.17. The third kappa shape index (κ3) is 3.97. The summed E-state index contributed by atoms with van der Waals surface area (Å²) in [5.41, 5.74) is 5.55. The van der Waals surface area contributed by atoms with Crippen molar-refractivity contribution in [2.45, 2.75) is 6.92 Å². The second-order valence-corrected chi connectivity index (χ2v) is 6.75. The number of carbonyl (C=O) groups is 1. The van der Waals surface area contributed by atoms with Crippen LogP contribution in [-0.2, 0) is 9.53 Å². The maximum atomic E-state index is 12.0. The van der Waals surface area contributed by atoms with Crippen molar-refractivity contribution in [1.82, 2.24) is 0 Å². The molecule has 4 aromatic rings. The lowest BCUT2D eigenvalue weighted by atomic mass is 9.88. The fourth-order valence-electron chi connectivity index (χ4n) is 3.63. The Bertz CT molecular complexity index is 1160. The van der Waals surface area contributed by atoms with E-state index in [9.17, 15) is 4.79 Å². The minimum absolute atomic E-state index is 0.331. The Morgan fingerprint density at radius 3 is 1.93 bits per heavy atom. The van der Waals surface area contributed by atoms with Gasteiger partial charge in [0.15, 0.2) is 0 Å². The van der Waals surface area contributed by atoms with Crippen molar-refractivity contribution in [1.29, 1.82) is 0 Å². The molecule has 29 heavy (non-hydrogen) atoms. The lowest BCUT2D eigenvalue weighted by molar-refractivity contribution is -0.137. The van der Waals surface area contributed by atoms with E-state index in [-0.39, 0.29) is 5.97 Å². The molecule has 0 aromatic heterocycles. The molecule has 2 heteroatoms. The van der Waals surface area contributed by atoms with Crippen LogP contribution in [-0.4, -0.2) is 12.6 Å². The van der Waals surface area contributed by atoms with Crippen LogP contribution in [0, 0.1) is 0 Å². The van der Waals surface area contributed by atoms with E-state index in [1.807, 2.05) is 43.3 Å². The van der Waals surface area contributed by atoms with E-state index in [0.717, 1.165) is 27.5 Å². The van der Waals surface area contributed by atoms with Crippen molar-refractivity contribution in [3.05, 3.63) is 103 Å². The molecule has 0 aliphatic heterocycles. The number of carbonyl (C=O) groups excluding carboxylic acids is 1. The molecule has 0 radical (unpaired) electrons. The number of ether oxygens (including phenoxy) is 1. The zero-order valence-corrected chi connectivity index (χ0v) is 16.3. The first kappa shape index (κ1) is 18.7. The van der Waals surface area contributed by atoms with Gasteiger partial charge in [-0.3, -0.25) is 0 Å². The first-order valence-electron chi connectivity index (χ1n) is 9.79. The lowest BCUT2D eigenvalue weighted by Gasteiger charge is -2.16. The summed E-state index contributed by atoms with van der Waals surface area (Å²) in [4.78, 5) is 12.0. The SMILES string of the molecule is CCOC(=O)/C=C/c1c(-c2ccccc2)cc(-c2ccccc2)c2ccccc12. The Hall–Kier alpha value is -3.65. The molecule has 0 bridgehead atoms. The minimum atomic E-state index is -0.331. The predicted octanol–water partition coefficient (Wildman–Crippen LogP) is 6.75. The van der Waals surface area contributed by atoms with E-state index in [1.54, 1.807) is 0 Å². The average Bonchev–Trinajstić information content (AvgIpc) is 2.78. The fourth-order valence-corrected chi connectivity index (χ4v) is 3.63. The van der Waals surface area contributed by atoms with Crippen LogP contribution in [0.3, 0.4) is 0 Å². The quantitative estimate of drug-likeness (QED) is 0.284. The van der Waals surface area contributed by atoms with Crippen LogP contribution in [0.2, 0.25) is 0 Å². The monoisotopic (exact) mass is 378 g/mol. The van der Waals surface area contributed by atoms with Gasteiger partial charge in [-0.05, 0) is 57.7 Å². The van der Waals surface area contributed by atoms with Gasteiger partial charge in [0.2, 0.25) is 0 Å². The van der Waals surface area contributed by atoms with Gasteiger partial charge in [0, 0.05) is 6.08 Å². The Morgan fingerprint density at radius 1 is 0.759 bits per heavy atom. The van der Waals surface area contributed by atoms with Gasteiger partial charge in [0.1, 0.15) is 0 Å². The van der Waals surface area contributed by atoms with Gasteiger partial charge in [-0.1, -0.05) is 84.9 Å². The van der Waals surface area contributed by atoms with Crippen LogP contribution >= 0.6 is 0 Å². The summed E-state index contributed by atoms with van der Waals surface area (Å²) in [6, 6.07) is 31.2. The standard InChI is InChI=1S/C27H22O2/c1-2-29-27(28)18-17-24-22-15-9-10-16-23(22)25(20-11-5-3-6-12-20)19-26(24)21-13-7-4-8-14-21/h3-19H,2H2,1H3/b18-17+. The van der Waals surface area contributed by atoms with E-state index in [4.69, 9.17) is 4.74 Å². The van der Waals surface area contributed by atoms with Crippen LogP contribution in [0.4, 0.5) is 0 Å². The van der Waals surface area contributed by atoms with Crippen molar-refractivity contribution in [2.75, 3.05) is 6.61 Å². The summed E-state index contributed by atoms with van der Waals surface area (Å²) >= 11 is 0. The number of benzene rings is 4. The maximum Gasteiger partial charge on any atom is 0.330 e. The molecule has 0 unspecified atom stereocenters. The fraction of sp³-hybridized carbons (Fsp3) is 0.0741. The minimum Gasteiger partial charge on any atom is -0.463 e. The molecule has 0 atom stereocenters. The van der Waals surface area contributed by atoms with Crippen LogP contribution < -0.4 is 0 Å². The van der Waals surface area contributed by atoms with Crippen LogP contribution in [0.1, 0.15) is 12.5 Å². The highest BCUT2D eigenvalue weighted by Gasteiger charge is 2.13. The van der Waals surface area contributed by atoms with Crippen molar-refractivity contribution in [3.8, 4) is 22.3 Å². The molecule has 0 fully saturated rings. The predicted molar refractivity (Wildman–Crippen MR) is 120 cm³/mol. The van der Waals surface area contributed by atoms with E-state index >= 15 is 0 Å². The lowest BCUT2D eigenvalue weighted by Crippen LogP contribution is -1.99. The molecular formula is C27H22O2. The van der Waals surface area contributed by atoms with Crippen LogP contribution in [0.25, 0.3) is 39.1 Å². The average molecular weight is 378 g/mol. The Labute approximate surface area is 171 Å². The first-order chi connectivity index (χ1) is 14.3. The molecule has 4 aromatic carbocycles. The second kappa shape index (κ2) is 8.57. The molecule has 0 N–H and O–H groups in total. The van der Waals surface area contributed by atoms with Crippen molar-refractivity contribution in [2.24, 2.45) is 0 Å². The van der Waals surface area contributed by atoms with Gasteiger partial charge >= 0.3 is 5.97 Å². The molecule has 4 rings (SSSR count). The van der Waals surface area contributed by atoms with Gasteiger partial charge in [-0.15, -0.1) is 0 Å². The number of hydrogen-bond donors (Lipinski definition) is 0. The summed E-state index contributed by atoms with van der Waals surface area (Å²) in [6.07, 6.45) is 3.39. The zero-order chi connectivity index (χ0) is 20.1. The van der Waals surface area contributed by atoms with Crippen LogP contribution in [0.15, 0.2) is 97.1 Å². The molecule has 2 nitrogen and oxygen atoms in total. The number of rotatable bonds is 5. The highest BCUT2D eigenvalue weighted by molar-refractivity contribution is 6.07. The summed E-state index contributed by atoms with van der Waals surface area (Å²) in [5, 5.41) is 2.26. The molecule has 0 heterocycles. The largest absolute Gasteiger partial charge is 0.463 e. The van der Waals surface area contributed by atoms with E-state index < -0.39 is 0 Å². The zero-order valence-electron chi connectivity index (χ0n) is 16.3. The number of esters is 1. The molecular weight excluding hydrogens is 356 g/mol. The van der Waals surface area contributed by atoms with Gasteiger partial charge in [0.25, 0.3) is 0 Å². The summed E-state index contributed by atoms with van der Waals surface area (Å²) < 4.78 is 5.09. The van der Waals surface area contributed by atoms with E-state index in [1.165, 1.54) is 17.2 Å². The maximum absolute atomic E-state index is 12.0. The Balaban J connectivity index is 2.01. The topological polar surface area (TPSA) is 26.3 Å². The number of hydrogen-bond acceptors (Lipinski definition) is 2. The molecule has 0 saturated heterocycles. The third-order valence-corrected chi connectivity index (χ3v) is 4.93. The highest BCUT2D eigenvalue weighted by atomic mass is 16.5. The molecule has 0 spiro atoms. The third-order valence-electron chi connectivity index (χ3n) is 4.93. The van der Waals surface area contributed by atoms with Crippen molar-refractivity contribution < 1.29 is 9.53 Å². The van der Waals surface area contributed by atoms with E-state index in [2.05, 4.69) is 60.7 Å². The van der Waals surface area contributed by atoms with E-state index in [0.29, 0.717) is 6.61 Å². The normalized spacial score (nSPS) is 11.1. The van der Waals surface area contributed by atoms with Crippen molar-refractivity contribution >= 4 is 22.8 Å². The van der Waals surface area contributed by atoms with Gasteiger partial charge in [-0.2, -0.15) is 0 Å². The van der Waals surface area contributed by atoms with Crippen LogP contribution in [0.5, 0.6) is 0 Å². The Morgan fingerprint density at radius 2 is 1.31 bits per heavy atom. The van der Waals surface area contributed by atoms with Gasteiger partial charge < -0.3 is 4.74 Å². The number of fused-ring (bicyclic) bond motifs is 1. The summed E-state index contributed by atoms with van der Waals surface area (Å²) in [5.74, 6) is -0.331. The highest BCUT2D eigenvalue weighted by Crippen LogP contribution is 2.38. The smallest absolute Gasteiger partial charge is 0.330 e. The molecule has 0 amide bonds. The summed E-state index contributed by atoms with van der Waals surface area (Å²) in [7, 11) is 0. The van der Waals surface area contributed by atoms with Gasteiger partial charge in [-0.25, -0.2) is 4.79 Å². The first-order valence-corrected chi connectivity index (χ1v) is 9.79. The molecule has 0 saturated carbocycles.